The number of rotatable bonds is 4. The maximum Gasteiger partial charge on any atom is 0.256 e. The number of nitrogens with zero attached hydrogens (tertiary/aromatic N) is 3. The molecule has 4 rings (SSSR count). The third-order valence-corrected chi connectivity index (χ3v) is 6.07. The first-order chi connectivity index (χ1) is 15.9. The van der Waals surface area contributed by atoms with Gasteiger partial charge in [-0.25, -0.2) is 4.39 Å². The zero-order chi connectivity index (χ0) is 23.4. The summed E-state index contributed by atoms with van der Waals surface area (Å²) in [5.41, 5.74) is 0.964. The molecule has 0 N–H and O–H groups in total. The van der Waals surface area contributed by atoms with Crippen molar-refractivity contribution in [2.24, 2.45) is 0 Å². The summed E-state index contributed by atoms with van der Waals surface area (Å²) in [4.78, 5) is 41.5. The van der Waals surface area contributed by atoms with Crippen molar-refractivity contribution in [3.8, 4) is 0 Å². The lowest BCUT2D eigenvalue weighted by atomic mass is 10.2. The summed E-state index contributed by atoms with van der Waals surface area (Å²) in [7, 11) is 0. The summed E-state index contributed by atoms with van der Waals surface area (Å²) in [6.07, 6.45) is 2.12. The molecule has 1 aliphatic heterocycles. The molecule has 0 spiro atoms. The molecule has 2 heterocycles. The van der Waals surface area contributed by atoms with E-state index in [4.69, 9.17) is 11.6 Å². The summed E-state index contributed by atoms with van der Waals surface area (Å²) < 4.78 is 15.5. The third kappa shape index (κ3) is 5.14. The van der Waals surface area contributed by atoms with Crippen LogP contribution in [0.4, 0.5) is 4.39 Å². The Morgan fingerprint density at radius 2 is 1.52 bits per heavy atom. The molecule has 33 heavy (non-hydrogen) atoms. The van der Waals surface area contributed by atoms with Gasteiger partial charge < -0.3 is 14.4 Å². The summed E-state index contributed by atoms with van der Waals surface area (Å²) in [5, 5.41) is 0.549. The summed E-state index contributed by atoms with van der Waals surface area (Å²) in [6.45, 7) is 1.78. The molecule has 1 fully saturated rings. The fraction of sp³-hybridized carbons (Fsp3) is 0.240. The second-order valence-electron chi connectivity index (χ2n) is 7.89. The van der Waals surface area contributed by atoms with Crippen molar-refractivity contribution in [1.82, 2.24) is 14.4 Å². The van der Waals surface area contributed by atoms with E-state index in [-0.39, 0.29) is 29.5 Å². The quantitative estimate of drug-likeness (QED) is 0.588. The topological polar surface area (TPSA) is 62.6 Å². The maximum atomic E-state index is 14.0. The van der Waals surface area contributed by atoms with Crippen LogP contribution in [0.1, 0.15) is 32.7 Å². The van der Waals surface area contributed by atoms with Crippen LogP contribution in [0.3, 0.4) is 0 Å². The van der Waals surface area contributed by atoms with E-state index < -0.39 is 5.82 Å². The van der Waals surface area contributed by atoms with Crippen LogP contribution in [0.15, 0.2) is 71.7 Å². The number of aromatic nitrogens is 1. The Kier molecular flexibility index (Phi) is 6.89. The zero-order valence-electron chi connectivity index (χ0n) is 17.9. The normalized spacial score (nSPS) is 14.1. The second kappa shape index (κ2) is 10.0. The molecule has 1 aliphatic rings. The molecule has 8 heteroatoms. The van der Waals surface area contributed by atoms with Crippen LogP contribution in [0.2, 0.25) is 5.02 Å². The van der Waals surface area contributed by atoms with Crippen LogP contribution >= 0.6 is 11.6 Å². The lowest BCUT2D eigenvalue weighted by molar-refractivity contribution is 0.0715. The van der Waals surface area contributed by atoms with Crippen molar-refractivity contribution in [3.63, 3.8) is 0 Å². The number of halogens is 2. The van der Waals surface area contributed by atoms with E-state index in [1.54, 1.807) is 34.2 Å². The summed E-state index contributed by atoms with van der Waals surface area (Å²) in [6, 6.07) is 16.0. The van der Waals surface area contributed by atoms with Gasteiger partial charge in [0.2, 0.25) is 0 Å². The van der Waals surface area contributed by atoms with Gasteiger partial charge in [-0.3, -0.25) is 14.4 Å². The number of hydrogen-bond acceptors (Lipinski definition) is 3. The van der Waals surface area contributed by atoms with Crippen LogP contribution in [-0.2, 0) is 6.54 Å². The molecular weight excluding hydrogens is 445 g/mol. The molecule has 2 aromatic carbocycles. The van der Waals surface area contributed by atoms with E-state index in [0.717, 1.165) is 5.56 Å². The van der Waals surface area contributed by atoms with Gasteiger partial charge in [-0.2, -0.15) is 0 Å². The van der Waals surface area contributed by atoms with Gasteiger partial charge in [-0.1, -0.05) is 41.9 Å². The Balaban J connectivity index is 1.47. The number of carbonyl (C=O) groups excluding carboxylic acids is 2. The van der Waals surface area contributed by atoms with Crippen LogP contribution in [0.5, 0.6) is 0 Å². The van der Waals surface area contributed by atoms with Gasteiger partial charge in [-0.05, 0) is 36.2 Å². The highest BCUT2D eigenvalue weighted by molar-refractivity contribution is 6.31. The molecule has 0 bridgehead atoms. The fourth-order valence-corrected chi connectivity index (χ4v) is 4.10. The molecule has 170 valence electrons. The monoisotopic (exact) mass is 467 g/mol. The molecule has 1 aromatic heterocycles. The first-order valence-corrected chi connectivity index (χ1v) is 11.1. The van der Waals surface area contributed by atoms with Crippen molar-refractivity contribution in [2.45, 2.75) is 13.0 Å². The smallest absolute Gasteiger partial charge is 0.256 e. The highest BCUT2D eigenvalue weighted by Gasteiger charge is 2.25. The Bertz CT molecular complexity index is 1240. The van der Waals surface area contributed by atoms with Gasteiger partial charge in [0.25, 0.3) is 17.4 Å². The molecule has 0 aliphatic carbocycles. The molecule has 2 amide bonds. The highest BCUT2D eigenvalue weighted by atomic mass is 35.5. The minimum Gasteiger partial charge on any atom is -0.337 e. The lowest BCUT2D eigenvalue weighted by Crippen LogP contribution is -2.38. The Labute approximate surface area is 195 Å². The van der Waals surface area contributed by atoms with Crippen LogP contribution in [-0.4, -0.2) is 52.4 Å². The largest absolute Gasteiger partial charge is 0.337 e. The predicted molar refractivity (Wildman–Crippen MR) is 124 cm³/mol. The fourth-order valence-electron chi connectivity index (χ4n) is 3.90. The van der Waals surface area contributed by atoms with Crippen LogP contribution in [0.25, 0.3) is 0 Å². The molecular formula is C25H23ClFN3O3. The van der Waals surface area contributed by atoms with Gasteiger partial charge >= 0.3 is 0 Å². The van der Waals surface area contributed by atoms with Gasteiger partial charge in [0.15, 0.2) is 0 Å². The minimum atomic E-state index is -0.555. The van der Waals surface area contributed by atoms with Crippen LogP contribution in [0, 0.1) is 5.82 Å². The summed E-state index contributed by atoms with van der Waals surface area (Å²) in [5.74, 6) is -1.15. The number of hydrogen-bond donors (Lipinski definition) is 0. The van der Waals surface area contributed by atoms with E-state index in [9.17, 15) is 18.8 Å². The average Bonchev–Trinajstić information content (AvgIpc) is 3.08. The molecule has 0 saturated carbocycles. The molecule has 0 unspecified atom stereocenters. The number of benzene rings is 2. The Morgan fingerprint density at radius 1 is 0.848 bits per heavy atom. The van der Waals surface area contributed by atoms with E-state index in [2.05, 4.69) is 0 Å². The summed E-state index contributed by atoms with van der Waals surface area (Å²) >= 11 is 6.22. The van der Waals surface area contributed by atoms with E-state index >= 15 is 0 Å². The van der Waals surface area contributed by atoms with Gasteiger partial charge in [0, 0.05) is 43.5 Å². The lowest BCUT2D eigenvalue weighted by Gasteiger charge is -2.22. The van der Waals surface area contributed by atoms with Gasteiger partial charge in [0.1, 0.15) is 5.82 Å². The molecule has 1 saturated heterocycles. The first kappa shape index (κ1) is 22.7. The van der Waals surface area contributed by atoms with Crippen molar-refractivity contribution < 1.29 is 14.0 Å². The number of carbonyl (C=O) groups is 2. The zero-order valence-corrected chi connectivity index (χ0v) is 18.7. The Morgan fingerprint density at radius 3 is 2.24 bits per heavy atom. The molecule has 0 atom stereocenters. The van der Waals surface area contributed by atoms with Crippen molar-refractivity contribution in [1.29, 1.82) is 0 Å². The average molecular weight is 468 g/mol. The second-order valence-corrected chi connectivity index (χ2v) is 8.30. The Hall–Kier alpha value is -3.45. The van der Waals surface area contributed by atoms with Crippen LogP contribution < -0.4 is 5.56 Å². The van der Waals surface area contributed by atoms with E-state index in [1.165, 1.54) is 28.8 Å². The first-order valence-electron chi connectivity index (χ1n) is 10.7. The highest BCUT2D eigenvalue weighted by Crippen LogP contribution is 2.17. The maximum absolute atomic E-state index is 14.0. The molecule has 6 nitrogen and oxygen atoms in total. The van der Waals surface area contributed by atoms with Crippen molar-refractivity contribution in [3.05, 3.63) is 105 Å². The third-order valence-electron chi connectivity index (χ3n) is 5.70. The van der Waals surface area contributed by atoms with Crippen molar-refractivity contribution in [2.75, 3.05) is 26.2 Å². The SMILES string of the molecule is O=C(c1ccc(=O)n(Cc2ccccc2Cl)c1)N1CCCN(C(=O)c2ccccc2F)CC1. The minimum absolute atomic E-state index is 0.0314. The van der Waals surface area contributed by atoms with Crippen molar-refractivity contribution >= 4 is 23.4 Å². The standard InChI is InChI=1S/C25H23ClFN3O3/c26-21-8-3-1-6-18(21)16-30-17-19(10-11-23(30)31)24(32)28-12-5-13-29(15-14-28)25(33)20-7-2-4-9-22(20)27/h1-4,6-11,17H,5,12-16H2. The number of pyridine rings is 1. The predicted octanol–water partition coefficient (Wildman–Crippen LogP) is 3.68. The number of amides is 2. The van der Waals surface area contributed by atoms with Gasteiger partial charge in [-0.15, -0.1) is 0 Å². The van der Waals surface area contributed by atoms with E-state index in [0.29, 0.717) is 43.2 Å². The molecule has 3 aromatic rings. The van der Waals surface area contributed by atoms with E-state index in [1.807, 2.05) is 18.2 Å². The molecule has 0 radical (unpaired) electrons. The van der Waals surface area contributed by atoms with Gasteiger partial charge in [0.05, 0.1) is 17.7 Å².